The van der Waals surface area contributed by atoms with E-state index in [2.05, 4.69) is 17.0 Å². The number of amides is 3. The van der Waals surface area contributed by atoms with Gasteiger partial charge in [0.15, 0.2) is 6.29 Å². The van der Waals surface area contributed by atoms with E-state index in [-0.39, 0.29) is 29.3 Å². The Hall–Kier alpha value is -2.49. The third-order valence-electron chi connectivity index (χ3n) is 5.45. The van der Waals surface area contributed by atoms with Crippen LogP contribution in [0.15, 0.2) is 36.0 Å². The van der Waals surface area contributed by atoms with Crippen molar-refractivity contribution < 1.29 is 14.0 Å². The van der Waals surface area contributed by atoms with E-state index in [0.717, 1.165) is 10.6 Å². The summed E-state index contributed by atoms with van der Waals surface area (Å²) in [5, 5.41) is 9.83. The average molecular weight is 421 g/mol. The molecule has 3 aliphatic heterocycles. The second-order valence-electron chi connectivity index (χ2n) is 7.37. The van der Waals surface area contributed by atoms with Crippen LogP contribution in [0.5, 0.6) is 0 Å². The lowest BCUT2D eigenvalue weighted by Gasteiger charge is -2.42. The molecular weight excluding hydrogens is 399 g/mol. The number of halogens is 2. The van der Waals surface area contributed by atoms with E-state index >= 15 is 0 Å². The molecule has 4 rings (SSSR count). The zero-order valence-electron chi connectivity index (χ0n) is 16.2. The van der Waals surface area contributed by atoms with Crippen molar-refractivity contribution in [1.29, 1.82) is 0 Å². The van der Waals surface area contributed by atoms with Crippen LogP contribution < -0.4 is 5.32 Å². The monoisotopic (exact) mass is 420 g/mol. The number of urea groups is 1. The van der Waals surface area contributed by atoms with Crippen molar-refractivity contribution in [1.82, 2.24) is 25.0 Å². The number of hydrogen-bond donors (Lipinski definition) is 1. The number of likely N-dealkylation sites (N-methyl/N-ethyl adjacent to an activating group) is 1. The van der Waals surface area contributed by atoms with Crippen molar-refractivity contribution in [2.75, 3.05) is 20.1 Å². The van der Waals surface area contributed by atoms with Gasteiger partial charge in [-0.3, -0.25) is 20.0 Å². The molecule has 10 heteroatoms. The molecule has 1 aromatic rings. The number of hydrazone groups is 1. The highest BCUT2D eigenvalue weighted by molar-refractivity contribution is 6.31. The smallest absolute Gasteiger partial charge is 0.310 e. The van der Waals surface area contributed by atoms with E-state index in [0.29, 0.717) is 13.1 Å². The second-order valence-corrected chi connectivity index (χ2v) is 7.77. The molecule has 1 aromatic carbocycles. The van der Waals surface area contributed by atoms with Gasteiger partial charge in [0.1, 0.15) is 18.0 Å². The van der Waals surface area contributed by atoms with E-state index in [1.807, 2.05) is 11.8 Å². The molecule has 0 spiro atoms. The van der Waals surface area contributed by atoms with Crippen molar-refractivity contribution >= 4 is 29.3 Å². The quantitative estimate of drug-likeness (QED) is 0.750. The Morgan fingerprint density at radius 3 is 2.86 bits per heavy atom. The number of carbonyl (C=O) groups is 2. The van der Waals surface area contributed by atoms with E-state index in [9.17, 15) is 14.0 Å². The van der Waals surface area contributed by atoms with Crippen molar-refractivity contribution in [3.63, 3.8) is 0 Å². The Kier molecular flexibility index (Phi) is 5.05. The zero-order chi connectivity index (χ0) is 20.9. The third kappa shape index (κ3) is 3.19. The average Bonchev–Trinajstić information content (AvgIpc) is 3.05. The van der Waals surface area contributed by atoms with Gasteiger partial charge in [-0.1, -0.05) is 23.7 Å². The largest absolute Gasteiger partial charge is 0.328 e. The molecular formula is C19H22ClFN6O2. The van der Waals surface area contributed by atoms with Crippen LogP contribution in [0.1, 0.15) is 12.5 Å². The van der Waals surface area contributed by atoms with E-state index in [1.165, 1.54) is 23.1 Å². The van der Waals surface area contributed by atoms with Gasteiger partial charge in [-0.25, -0.2) is 14.1 Å². The summed E-state index contributed by atoms with van der Waals surface area (Å²) in [5.74, 6) is -0.941. The van der Waals surface area contributed by atoms with Gasteiger partial charge in [0.05, 0.1) is 13.1 Å². The second kappa shape index (κ2) is 7.40. The van der Waals surface area contributed by atoms with Gasteiger partial charge >= 0.3 is 6.03 Å². The number of nitrogens with one attached hydrogen (secondary N) is 1. The summed E-state index contributed by atoms with van der Waals surface area (Å²) in [6, 6.07) is 3.16. The van der Waals surface area contributed by atoms with Crippen LogP contribution in [0.3, 0.4) is 0 Å². The molecule has 3 atom stereocenters. The maximum atomic E-state index is 14.3. The molecule has 2 saturated heterocycles. The van der Waals surface area contributed by atoms with Crippen molar-refractivity contribution in [3.05, 3.63) is 47.3 Å². The summed E-state index contributed by atoms with van der Waals surface area (Å²) < 4.78 is 14.3. The van der Waals surface area contributed by atoms with Crippen LogP contribution in [0.4, 0.5) is 9.18 Å². The highest BCUT2D eigenvalue weighted by atomic mass is 35.5. The Bertz CT molecular complexity index is 888. The first-order valence-corrected chi connectivity index (χ1v) is 9.65. The number of hydrogen-bond acceptors (Lipinski definition) is 6. The van der Waals surface area contributed by atoms with Crippen molar-refractivity contribution in [2.24, 2.45) is 5.10 Å². The minimum Gasteiger partial charge on any atom is -0.310 e. The summed E-state index contributed by atoms with van der Waals surface area (Å²) in [4.78, 5) is 30.8. The molecule has 2 fully saturated rings. The van der Waals surface area contributed by atoms with Crippen LogP contribution in [-0.2, 0) is 11.3 Å². The molecule has 0 radical (unpaired) electrons. The molecule has 8 nitrogen and oxygen atoms in total. The van der Waals surface area contributed by atoms with Gasteiger partial charge in [0.25, 0.3) is 5.91 Å². The first kappa shape index (κ1) is 19.8. The fourth-order valence-electron chi connectivity index (χ4n) is 4.11. The molecule has 0 bridgehead atoms. The van der Waals surface area contributed by atoms with Crippen LogP contribution in [-0.4, -0.2) is 76.0 Å². The fraction of sp³-hybridized carbons (Fsp3) is 0.421. The normalized spacial score (nSPS) is 27.1. The summed E-state index contributed by atoms with van der Waals surface area (Å²) >= 11 is 6.12. The Labute approximate surface area is 173 Å². The molecule has 3 amide bonds. The third-order valence-corrected chi connectivity index (χ3v) is 5.80. The van der Waals surface area contributed by atoms with Crippen molar-refractivity contribution in [3.8, 4) is 0 Å². The standard InChI is InChI=1S/C19H22ClFN6O2/c1-4-8-27-18-22-16-15(25(18)9-11(2)23-27)17(28)26(19(29)24(16)3)10-12-13(20)6-5-7-14(12)21/h4-7,15-16,18,22H,1,8-10H2,2-3H3. The maximum Gasteiger partial charge on any atom is 0.328 e. The summed E-state index contributed by atoms with van der Waals surface area (Å²) in [7, 11) is 1.62. The van der Waals surface area contributed by atoms with Gasteiger partial charge in [0.2, 0.25) is 0 Å². The summed E-state index contributed by atoms with van der Waals surface area (Å²) in [6.45, 7) is 6.39. The number of nitrogens with zero attached hydrogens (tertiary/aromatic N) is 5. The van der Waals surface area contributed by atoms with Crippen molar-refractivity contribution in [2.45, 2.75) is 32.0 Å². The number of imide groups is 1. The van der Waals surface area contributed by atoms with Gasteiger partial charge in [0, 0.05) is 29.9 Å². The molecule has 29 heavy (non-hydrogen) atoms. The van der Waals surface area contributed by atoms with Gasteiger partial charge < -0.3 is 4.90 Å². The molecule has 0 aromatic heterocycles. The van der Waals surface area contributed by atoms with E-state index in [4.69, 9.17) is 11.6 Å². The zero-order valence-corrected chi connectivity index (χ0v) is 16.9. The highest BCUT2D eigenvalue weighted by Gasteiger charge is 2.56. The Morgan fingerprint density at radius 1 is 1.41 bits per heavy atom. The molecule has 154 valence electrons. The molecule has 0 saturated carbocycles. The van der Waals surface area contributed by atoms with E-state index in [1.54, 1.807) is 18.1 Å². The number of rotatable bonds is 4. The van der Waals surface area contributed by atoms with Gasteiger partial charge in [-0.2, -0.15) is 5.10 Å². The lowest BCUT2D eigenvalue weighted by Crippen LogP contribution is -2.66. The van der Waals surface area contributed by atoms with Crippen LogP contribution >= 0.6 is 11.6 Å². The SMILES string of the molecule is C=CCN1N=C(C)CN2C3C(=O)N(Cc4c(F)cccc4Cl)C(=O)N(C)C3NC12. The number of fused-ring (bicyclic) bond motifs is 3. The predicted molar refractivity (Wildman–Crippen MR) is 106 cm³/mol. The van der Waals surface area contributed by atoms with Crippen LogP contribution in [0, 0.1) is 5.82 Å². The first-order valence-electron chi connectivity index (χ1n) is 9.28. The lowest BCUT2D eigenvalue weighted by molar-refractivity contribution is -0.139. The number of carbonyl (C=O) groups excluding carboxylic acids is 2. The predicted octanol–water partition coefficient (Wildman–Crippen LogP) is 1.63. The fourth-order valence-corrected chi connectivity index (χ4v) is 4.33. The first-order chi connectivity index (χ1) is 13.8. The van der Waals surface area contributed by atoms with Crippen LogP contribution in [0.25, 0.3) is 0 Å². The Balaban J connectivity index is 1.66. The summed E-state index contributed by atoms with van der Waals surface area (Å²) in [6.07, 6.45) is 0.872. The molecule has 3 aliphatic rings. The topological polar surface area (TPSA) is 71.5 Å². The number of benzene rings is 1. The van der Waals surface area contributed by atoms with E-state index < -0.39 is 24.1 Å². The van der Waals surface area contributed by atoms with Gasteiger partial charge in [-0.15, -0.1) is 6.58 Å². The lowest BCUT2D eigenvalue weighted by atomic mass is 10.1. The summed E-state index contributed by atoms with van der Waals surface area (Å²) in [5.41, 5.74) is 0.969. The minimum absolute atomic E-state index is 0.120. The Morgan fingerprint density at radius 2 is 2.17 bits per heavy atom. The highest BCUT2D eigenvalue weighted by Crippen LogP contribution is 2.31. The maximum absolute atomic E-state index is 14.3. The molecule has 3 unspecified atom stereocenters. The molecule has 1 N–H and O–H groups in total. The van der Waals surface area contributed by atoms with Gasteiger partial charge in [-0.05, 0) is 19.1 Å². The molecule has 3 heterocycles. The van der Waals surface area contributed by atoms with Crippen LogP contribution in [0.2, 0.25) is 5.02 Å². The minimum atomic E-state index is -0.619. The molecule has 0 aliphatic carbocycles.